The lowest BCUT2D eigenvalue weighted by molar-refractivity contribution is 0.102. The zero-order valence-electron chi connectivity index (χ0n) is 20.5. The van der Waals surface area contributed by atoms with Crippen LogP contribution in [0.3, 0.4) is 0 Å². The molecule has 0 saturated carbocycles. The predicted molar refractivity (Wildman–Crippen MR) is 146 cm³/mol. The Kier molecular flexibility index (Phi) is 7.96. The number of nitrogens with one attached hydrogen (secondary N) is 1. The van der Waals surface area contributed by atoms with Crippen LogP contribution < -0.4 is 10.1 Å². The summed E-state index contributed by atoms with van der Waals surface area (Å²) in [4.78, 5) is 12.7. The summed E-state index contributed by atoms with van der Waals surface area (Å²) in [5, 5.41) is 22.8. The summed E-state index contributed by atoms with van der Waals surface area (Å²) < 4.78 is 39.0. The average Bonchev–Trinajstić information content (AvgIpc) is 2.88. The van der Waals surface area contributed by atoms with Crippen LogP contribution in [0, 0.1) is 0 Å². The fraction of sp³-hybridized carbons (Fsp3) is 0.148. The lowest BCUT2D eigenvalue weighted by Gasteiger charge is -2.12. The van der Waals surface area contributed by atoms with Crippen LogP contribution in [-0.2, 0) is 16.5 Å². The van der Waals surface area contributed by atoms with E-state index in [4.69, 9.17) is 16.3 Å². The van der Waals surface area contributed by atoms with E-state index >= 15 is 0 Å². The lowest BCUT2D eigenvalue weighted by atomic mass is 10.0. The fourth-order valence-electron chi connectivity index (χ4n) is 3.94. The molecule has 0 fully saturated rings. The Bertz CT molecular complexity index is 1670. The van der Waals surface area contributed by atoms with Gasteiger partial charge in [0, 0.05) is 17.1 Å². The smallest absolute Gasteiger partial charge is 0.296 e. The molecule has 0 aliphatic rings. The molecule has 9 nitrogen and oxygen atoms in total. The Hall–Kier alpha value is -3.99. The number of nitrogens with zero attached hydrogens (tertiary/aromatic N) is 2. The molecular formula is C27H24ClN3O6S. The molecule has 3 N–H and O–H groups in total. The van der Waals surface area contributed by atoms with Crippen molar-refractivity contribution < 1.29 is 27.6 Å². The Morgan fingerprint density at radius 2 is 1.79 bits per heavy atom. The van der Waals surface area contributed by atoms with Crippen molar-refractivity contribution in [2.24, 2.45) is 10.2 Å². The van der Waals surface area contributed by atoms with Crippen LogP contribution in [0.15, 0.2) is 81.9 Å². The van der Waals surface area contributed by atoms with E-state index in [1.807, 2.05) is 6.92 Å². The summed E-state index contributed by atoms with van der Waals surface area (Å²) in [6.45, 7) is 4.03. The van der Waals surface area contributed by atoms with Crippen molar-refractivity contribution in [1.82, 2.24) is 0 Å². The number of anilines is 1. The van der Waals surface area contributed by atoms with Crippen LogP contribution in [0.4, 0.5) is 17.1 Å². The summed E-state index contributed by atoms with van der Waals surface area (Å²) in [7, 11) is -4.62. The van der Waals surface area contributed by atoms with Gasteiger partial charge in [-0.2, -0.15) is 8.42 Å². The van der Waals surface area contributed by atoms with E-state index < -0.39 is 26.7 Å². The number of halogens is 1. The molecule has 0 aliphatic heterocycles. The maximum absolute atomic E-state index is 13.2. The van der Waals surface area contributed by atoms with Crippen LogP contribution in [0.1, 0.15) is 29.8 Å². The highest BCUT2D eigenvalue weighted by Gasteiger charge is 2.23. The molecule has 0 atom stereocenters. The number of phenols is 1. The number of hydrogen-bond donors (Lipinski definition) is 3. The van der Waals surface area contributed by atoms with Crippen LogP contribution in [-0.4, -0.2) is 30.6 Å². The molecule has 4 aromatic rings. The van der Waals surface area contributed by atoms with Crippen LogP contribution in [0.25, 0.3) is 10.8 Å². The Morgan fingerprint density at radius 1 is 1.03 bits per heavy atom. The van der Waals surface area contributed by atoms with Gasteiger partial charge in [0.1, 0.15) is 22.0 Å². The summed E-state index contributed by atoms with van der Waals surface area (Å²) >= 11 is 6.28. The second-order valence-corrected chi connectivity index (χ2v) is 9.91. The zero-order valence-corrected chi connectivity index (χ0v) is 22.0. The normalized spacial score (nSPS) is 11.7. The lowest BCUT2D eigenvalue weighted by Crippen LogP contribution is -2.12. The number of amides is 1. The van der Waals surface area contributed by atoms with E-state index in [1.54, 1.807) is 55.5 Å². The van der Waals surface area contributed by atoms with Crippen molar-refractivity contribution in [1.29, 1.82) is 0 Å². The number of phenolic OH excluding ortho intramolecular Hbond substituents is 1. The third-order valence-electron chi connectivity index (χ3n) is 5.70. The highest BCUT2D eigenvalue weighted by Crippen LogP contribution is 2.41. The van der Waals surface area contributed by atoms with E-state index in [9.17, 15) is 22.9 Å². The number of aromatic hydroxyl groups is 1. The standard InChI is InChI=1S/C27H24ClN3O6S/c1-3-16-12-13-22(23(28)26(16)38(34,35)36)30-31-24-20-11-6-5-8-17(20)14-21(25(24)32)27(33)29-18-9-7-10-19(15-18)37-4-2/h5-15,32H,3-4H2,1-2H3,(H,29,33)(H,34,35,36). The average molecular weight is 554 g/mol. The first kappa shape index (κ1) is 27.1. The second kappa shape index (κ2) is 11.2. The van der Waals surface area contributed by atoms with Gasteiger partial charge in [-0.3, -0.25) is 9.35 Å². The van der Waals surface area contributed by atoms with Gasteiger partial charge >= 0.3 is 0 Å². The first-order valence-corrected chi connectivity index (χ1v) is 13.4. The number of azo groups is 1. The van der Waals surface area contributed by atoms with Crippen LogP contribution in [0.5, 0.6) is 11.5 Å². The molecular weight excluding hydrogens is 530 g/mol. The maximum Gasteiger partial charge on any atom is 0.296 e. The summed E-state index contributed by atoms with van der Waals surface area (Å²) in [5.74, 6) is -0.433. The minimum atomic E-state index is -4.62. The molecule has 0 aliphatic carbocycles. The molecule has 4 rings (SSSR count). The minimum absolute atomic E-state index is 0.0136. The van der Waals surface area contributed by atoms with Gasteiger partial charge in [-0.25, -0.2) is 0 Å². The number of ether oxygens (including phenoxy) is 1. The first-order chi connectivity index (χ1) is 18.1. The zero-order chi connectivity index (χ0) is 27.4. The van der Waals surface area contributed by atoms with Gasteiger partial charge in [0.05, 0.1) is 17.2 Å². The van der Waals surface area contributed by atoms with E-state index in [1.165, 1.54) is 18.2 Å². The van der Waals surface area contributed by atoms with Crippen molar-refractivity contribution in [3.63, 3.8) is 0 Å². The highest BCUT2D eigenvalue weighted by molar-refractivity contribution is 7.86. The quantitative estimate of drug-likeness (QED) is 0.157. The molecule has 0 radical (unpaired) electrons. The molecule has 1 amide bonds. The number of hydrogen-bond acceptors (Lipinski definition) is 7. The topological polar surface area (TPSA) is 138 Å². The van der Waals surface area contributed by atoms with Gasteiger partial charge in [-0.05, 0) is 48.6 Å². The molecule has 0 spiro atoms. The number of rotatable bonds is 8. The summed E-state index contributed by atoms with van der Waals surface area (Å²) in [6, 6.07) is 18.3. The van der Waals surface area contributed by atoms with E-state index in [-0.39, 0.29) is 22.0 Å². The third kappa shape index (κ3) is 5.62. The van der Waals surface area contributed by atoms with E-state index in [0.29, 0.717) is 40.8 Å². The van der Waals surface area contributed by atoms with Gasteiger partial charge in [-0.15, -0.1) is 10.2 Å². The van der Waals surface area contributed by atoms with Crippen molar-refractivity contribution >= 4 is 55.5 Å². The molecule has 11 heteroatoms. The Labute approximate surface area is 224 Å². The Balaban J connectivity index is 1.78. The molecule has 0 unspecified atom stereocenters. The molecule has 38 heavy (non-hydrogen) atoms. The van der Waals surface area contributed by atoms with E-state index in [2.05, 4.69) is 15.5 Å². The molecule has 4 aromatic carbocycles. The number of aryl methyl sites for hydroxylation is 1. The molecule has 0 bridgehead atoms. The molecule has 0 heterocycles. The molecule has 196 valence electrons. The molecule has 0 saturated heterocycles. The maximum atomic E-state index is 13.2. The third-order valence-corrected chi connectivity index (χ3v) is 7.17. The van der Waals surface area contributed by atoms with Crippen molar-refractivity contribution in [3.8, 4) is 11.5 Å². The first-order valence-electron chi connectivity index (χ1n) is 11.6. The highest BCUT2D eigenvalue weighted by atomic mass is 35.5. The number of benzene rings is 4. The van der Waals surface area contributed by atoms with Gasteiger partial charge in [0.15, 0.2) is 5.75 Å². The van der Waals surface area contributed by atoms with Gasteiger partial charge in [0.25, 0.3) is 16.0 Å². The van der Waals surface area contributed by atoms with Crippen molar-refractivity contribution in [2.75, 3.05) is 11.9 Å². The number of carbonyl (C=O) groups excluding carboxylic acids is 1. The summed E-state index contributed by atoms with van der Waals surface area (Å²) in [5.41, 5.74) is 0.683. The van der Waals surface area contributed by atoms with Crippen molar-refractivity contribution in [3.05, 3.63) is 82.9 Å². The number of fused-ring (bicyclic) bond motifs is 1. The van der Waals surface area contributed by atoms with Crippen LogP contribution >= 0.6 is 11.6 Å². The fourth-order valence-corrected chi connectivity index (χ4v) is 5.33. The monoisotopic (exact) mass is 553 g/mol. The van der Waals surface area contributed by atoms with Gasteiger partial charge in [-0.1, -0.05) is 54.9 Å². The van der Waals surface area contributed by atoms with Crippen molar-refractivity contribution in [2.45, 2.75) is 25.2 Å². The van der Waals surface area contributed by atoms with Crippen LogP contribution in [0.2, 0.25) is 5.02 Å². The predicted octanol–water partition coefficient (Wildman–Crippen LogP) is 7.07. The summed E-state index contributed by atoms with van der Waals surface area (Å²) in [6.07, 6.45) is 0.308. The SMILES string of the molecule is CCOc1cccc(NC(=O)c2cc3ccccc3c(N=Nc3ccc(CC)c(S(=O)(=O)O)c3Cl)c2O)c1. The molecule has 0 aromatic heterocycles. The van der Waals surface area contributed by atoms with Gasteiger partial charge < -0.3 is 15.2 Å². The van der Waals surface area contributed by atoms with E-state index in [0.717, 1.165) is 0 Å². The largest absolute Gasteiger partial charge is 0.505 e. The van der Waals surface area contributed by atoms with Gasteiger partial charge in [0.2, 0.25) is 0 Å². The number of carbonyl (C=O) groups is 1. The Morgan fingerprint density at radius 3 is 2.50 bits per heavy atom. The second-order valence-electron chi connectivity index (χ2n) is 8.17. The minimum Gasteiger partial charge on any atom is -0.505 e.